The van der Waals surface area contributed by atoms with Crippen LogP contribution < -0.4 is 5.32 Å². The molecule has 0 spiro atoms. The Hall–Kier alpha value is -1.96. The number of carbonyl (C=O) groups is 1. The van der Waals surface area contributed by atoms with E-state index in [9.17, 15) is 9.18 Å². The van der Waals surface area contributed by atoms with Gasteiger partial charge in [0.05, 0.1) is 11.6 Å². The third-order valence-corrected chi connectivity index (χ3v) is 4.99. The van der Waals surface area contributed by atoms with Crippen LogP contribution in [0.2, 0.25) is 0 Å². The van der Waals surface area contributed by atoms with E-state index in [-0.39, 0.29) is 17.1 Å². The molecule has 0 bridgehead atoms. The molecule has 3 rings (SSSR count). The molecule has 2 aromatic carbocycles. The predicted molar refractivity (Wildman–Crippen MR) is 109 cm³/mol. The van der Waals surface area contributed by atoms with Gasteiger partial charge in [0.1, 0.15) is 9.52 Å². The summed E-state index contributed by atoms with van der Waals surface area (Å²) in [6, 6.07) is 11.6. The minimum Gasteiger partial charge on any atom is -0.345 e. The molecule has 2 N–H and O–H groups in total. The third kappa shape index (κ3) is 4.23. The number of benzene rings is 2. The number of aromatic nitrogens is 2. The number of nitrogens with one attached hydrogen (secondary N) is 2. The molecule has 1 amide bonds. The van der Waals surface area contributed by atoms with E-state index in [1.54, 1.807) is 24.3 Å². The number of hydrogen-bond acceptors (Lipinski definition) is 2. The summed E-state index contributed by atoms with van der Waals surface area (Å²) in [5.41, 5.74) is 1.79. The molecule has 0 fully saturated rings. The topological polar surface area (TPSA) is 57.8 Å². The molecule has 6 heteroatoms. The van der Waals surface area contributed by atoms with Crippen LogP contribution in [0, 0.1) is 14.9 Å². The molecule has 0 saturated heterocycles. The van der Waals surface area contributed by atoms with Crippen LogP contribution in [0.5, 0.6) is 0 Å². The van der Waals surface area contributed by atoms with Crippen molar-refractivity contribution in [3.8, 4) is 0 Å². The van der Waals surface area contributed by atoms with Crippen molar-refractivity contribution in [3.63, 3.8) is 0 Å². The number of nitrogens with zero attached hydrogens (tertiary/aromatic N) is 1. The summed E-state index contributed by atoms with van der Waals surface area (Å²) in [6.07, 6.45) is 0.630. The minimum atomic E-state index is -0.400. The molecular formula is C20H21FIN3O. The Bertz CT molecular complexity index is 946. The maximum atomic E-state index is 14.3. The SMILES string of the molecule is CC(C)(C)CC(NC(=O)c1ccc2n[nH]c(I)c2c1)c1ccccc1F. The number of fused-ring (bicyclic) bond motifs is 1. The van der Waals surface area contributed by atoms with Gasteiger partial charge < -0.3 is 5.32 Å². The van der Waals surface area contributed by atoms with Gasteiger partial charge in [-0.1, -0.05) is 39.0 Å². The zero-order valence-electron chi connectivity index (χ0n) is 14.9. The highest BCUT2D eigenvalue weighted by Gasteiger charge is 2.24. The van der Waals surface area contributed by atoms with Crippen LogP contribution in [-0.2, 0) is 0 Å². The zero-order chi connectivity index (χ0) is 18.9. The number of hydrogen-bond donors (Lipinski definition) is 2. The fourth-order valence-electron chi connectivity index (χ4n) is 2.97. The maximum Gasteiger partial charge on any atom is 0.251 e. The van der Waals surface area contributed by atoms with Gasteiger partial charge in [0.15, 0.2) is 0 Å². The van der Waals surface area contributed by atoms with Crippen LogP contribution in [0.4, 0.5) is 4.39 Å². The summed E-state index contributed by atoms with van der Waals surface area (Å²) < 4.78 is 15.2. The summed E-state index contributed by atoms with van der Waals surface area (Å²) in [7, 11) is 0. The van der Waals surface area contributed by atoms with Gasteiger partial charge in [0, 0.05) is 16.5 Å². The van der Waals surface area contributed by atoms with Gasteiger partial charge >= 0.3 is 0 Å². The first-order valence-electron chi connectivity index (χ1n) is 8.43. The smallest absolute Gasteiger partial charge is 0.251 e. The average Bonchev–Trinajstić information content (AvgIpc) is 2.94. The second-order valence-corrected chi connectivity index (χ2v) is 8.66. The monoisotopic (exact) mass is 465 g/mol. The quantitative estimate of drug-likeness (QED) is 0.520. The molecule has 136 valence electrons. The molecule has 1 atom stereocenters. The van der Waals surface area contributed by atoms with Gasteiger partial charge in [0.2, 0.25) is 0 Å². The third-order valence-electron chi connectivity index (χ3n) is 4.17. The lowest BCUT2D eigenvalue weighted by Crippen LogP contribution is -2.31. The highest BCUT2D eigenvalue weighted by molar-refractivity contribution is 14.1. The van der Waals surface area contributed by atoms with Crippen molar-refractivity contribution in [2.45, 2.75) is 33.2 Å². The van der Waals surface area contributed by atoms with Crippen molar-refractivity contribution in [1.82, 2.24) is 15.5 Å². The lowest BCUT2D eigenvalue weighted by atomic mass is 9.85. The normalized spacial score (nSPS) is 13.0. The van der Waals surface area contributed by atoms with E-state index in [0.29, 0.717) is 17.5 Å². The molecule has 0 saturated carbocycles. The zero-order valence-corrected chi connectivity index (χ0v) is 17.1. The highest BCUT2D eigenvalue weighted by atomic mass is 127. The molecule has 3 aromatic rings. The van der Waals surface area contributed by atoms with E-state index in [1.165, 1.54) is 6.07 Å². The van der Waals surface area contributed by atoms with Crippen LogP contribution in [0.3, 0.4) is 0 Å². The second-order valence-electron chi connectivity index (χ2n) is 7.58. The number of rotatable bonds is 4. The van der Waals surface area contributed by atoms with E-state index in [2.05, 4.69) is 58.9 Å². The van der Waals surface area contributed by atoms with Crippen molar-refractivity contribution in [3.05, 3.63) is 63.1 Å². The molecular weight excluding hydrogens is 444 g/mol. The number of carbonyl (C=O) groups excluding carboxylic acids is 1. The fourth-order valence-corrected chi connectivity index (χ4v) is 3.52. The molecule has 0 aliphatic rings. The van der Waals surface area contributed by atoms with E-state index >= 15 is 0 Å². The molecule has 0 aliphatic heterocycles. The summed E-state index contributed by atoms with van der Waals surface area (Å²) in [5, 5.41) is 11.0. The van der Waals surface area contributed by atoms with Crippen molar-refractivity contribution in [1.29, 1.82) is 0 Å². The number of amides is 1. The van der Waals surface area contributed by atoms with Gasteiger partial charge in [0.25, 0.3) is 5.91 Å². The lowest BCUT2D eigenvalue weighted by molar-refractivity contribution is 0.0925. The van der Waals surface area contributed by atoms with Gasteiger partial charge in [-0.2, -0.15) is 5.10 Å². The lowest BCUT2D eigenvalue weighted by Gasteiger charge is -2.27. The van der Waals surface area contributed by atoms with Crippen LogP contribution in [0.25, 0.3) is 10.9 Å². The van der Waals surface area contributed by atoms with Crippen LogP contribution in [-0.4, -0.2) is 16.1 Å². The Morgan fingerprint density at radius 1 is 1.27 bits per heavy atom. The van der Waals surface area contributed by atoms with Crippen molar-refractivity contribution in [2.24, 2.45) is 5.41 Å². The molecule has 1 unspecified atom stereocenters. The van der Waals surface area contributed by atoms with Gasteiger partial charge in [-0.25, -0.2) is 4.39 Å². The van der Waals surface area contributed by atoms with Gasteiger partial charge in [-0.3, -0.25) is 9.89 Å². The number of H-pyrrole nitrogens is 1. The summed E-state index contributed by atoms with van der Waals surface area (Å²) >= 11 is 2.15. The molecule has 4 nitrogen and oxygen atoms in total. The van der Waals surface area contributed by atoms with Crippen LogP contribution >= 0.6 is 22.6 Å². The Morgan fingerprint density at radius 2 is 2.00 bits per heavy atom. The van der Waals surface area contributed by atoms with Crippen molar-refractivity contribution in [2.75, 3.05) is 0 Å². The fraction of sp³-hybridized carbons (Fsp3) is 0.300. The van der Waals surface area contributed by atoms with E-state index in [1.807, 2.05) is 12.1 Å². The first-order chi connectivity index (χ1) is 12.2. The first-order valence-corrected chi connectivity index (χ1v) is 9.51. The minimum absolute atomic E-state index is 0.0654. The van der Waals surface area contributed by atoms with Crippen molar-refractivity contribution >= 4 is 39.4 Å². The van der Waals surface area contributed by atoms with Crippen LogP contribution in [0.1, 0.15) is 49.2 Å². The van der Waals surface area contributed by atoms with E-state index < -0.39 is 6.04 Å². The number of halogens is 2. The standard InChI is InChI=1S/C20H21FIN3O/c1-20(2,3)11-17(13-6-4-5-7-15(13)21)23-19(26)12-8-9-16-14(10-12)18(22)25-24-16/h4-10,17H,11H2,1-3H3,(H,23,26)(H,24,25). The molecule has 1 heterocycles. The van der Waals surface area contributed by atoms with Gasteiger partial charge in [-0.05, 0) is 58.7 Å². The Kier molecular flexibility index (Phi) is 5.32. The van der Waals surface area contributed by atoms with Crippen LogP contribution in [0.15, 0.2) is 42.5 Å². The number of aromatic amines is 1. The average molecular weight is 465 g/mol. The molecule has 26 heavy (non-hydrogen) atoms. The van der Waals surface area contributed by atoms with Gasteiger partial charge in [-0.15, -0.1) is 0 Å². The predicted octanol–water partition coefficient (Wildman–Crippen LogP) is 5.21. The second kappa shape index (κ2) is 7.34. The molecule has 1 aromatic heterocycles. The Morgan fingerprint density at radius 3 is 2.69 bits per heavy atom. The largest absolute Gasteiger partial charge is 0.345 e. The summed E-state index contributed by atoms with van der Waals surface area (Å²) in [6.45, 7) is 6.23. The highest BCUT2D eigenvalue weighted by Crippen LogP contribution is 2.31. The van der Waals surface area contributed by atoms with Crippen molar-refractivity contribution < 1.29 is 9.18 Å². The first kappa shape index (κ1) is 18.8. The van der Waals surface area contributed by atoms with E-state index in [0.717, 1.165) is 14.6 Å². The molecule has 0 aliphatic carbocycles. The summed E-state index contributed by atoms with van der Waals surface area (Å²) in [5.74, 6) is -0.525. The Balaban J connectivity index is 1.90. The maximum absolute atomic E-state index is 14.3. The van der Waals surface area contributed by atoms with E-state index in [4.69, 9.17) is 0 Å². The molecule has 0 radical (unpaired) electrons. The Labute approximate surface area is 165 Å². The summed E-state index contributed by atoms with van der Waals surface area (Å²) in [4.78, 5) is 12.8.